The Morgan fingerprint density at radius 3 is 2.39 bits per heavy atom. The van der Waals surface area contributed by atoms with Crippen LogP contribution in [0.25, 0.3) is 0 Å². The fourth-order valence-corrected chi connectivity index (χ4v) is 2.62. The first-order valence-electron chi connectivity index (χ1n) is 7.53. The maximum Gasteiger partial charge on any atom is 0.0277 e. The maximum absolute atomic E-state index is 3.70. The molecule has 3 nitrogen and oxygen atoms in total. The molecule has 0 aliphatic carbocycles. The molecule has 18 heavy (non-hydrogen) atoms. The molecular formula is C15H33N3. The zero-order valence-electron chi connectivity index (χ0n) is 13.3. The van der Waals surface area contributed by atoms with Gasteiger partial charge in [-0.2, -0.15) is 0 Å². The predicted octanol–water partition coefficient (Wildman–Crippen LogP) is 2.04. The van der Waals surface area contributed by atoms with Gasteiger partial charge >= 0.3 is 0 Å². The Bertz CT molecular complexity index is 238. The van der Waals surface area contributed by atoms with E-state index in [1.54, 1.807) is 0 Å². The fraction of sp³-hybridized carbons (Fsp3) is 1.00. The number of nitrogens with one attached hydrogen (secondary N) is 1. The summed E-state index contributed by atoms with van der Waals surface area (Å²) in [5, 5.41) is 3.70. The van der Waals surface area contributed by atoms with Crippen LogP contribution in [0.15, 0.2) is 0 Å². The summed E-state index contributed by atoms with van der Waals surface area (Å²) >= 11 is 0. The molecule has 1 atom stereocenters. The highest BCUT2D eigenvalue weighted by Crippen LogP contribution is 2.19. The minimum atomic E-state index is 0.310. The van der Waals surface area contributed by atoms with Gasteiger partial charge in [-0.25, -0.2) is 0 Å². The van der Waals surface area contributed by atoms with Crippen LogP contribution >= 0.6 is 0 Å². The van der Waals surface area contributed by atoms with Gasteiger partial charge in [0.25, 0.3) is 0 Å². The van der Waals surface area contributed by atoms with E-state index in [0.717, 1.165) is 6.54 Å². The summed E-state index contributed by atoms with van der Waals surface area (Å²) in [6, 6.07) is 0.629. The third kappa shape index (κ3) is 4.52. The van der Waals surface area contributed by atoms with Crippen molar-refractivity contribution in [2.75, 3.05) is 39.8 Å². The Morgan fingerprint density at radius 2 is 1.89 bits per heavy atom. The van der Waals surface area contributed by atoms with Gasteiger partial charge in [-0.15, -0.1) is 0 Å². The van der Waals surface area contributed by atoms with Crippen LogP contribution in [0.5, 0.6) is 0 Å². The second-order valence-corrected chi connectivity index (χ2v) is 6.77. The Balaban J connectivity index is 2.49. The SMILES string of the molecule is CCCNC(CN1CCN(C)C(C)(C)C1)C(C)C. The Labute approximate surface area is 114 Å². The van der Waals surface area contributed by atoms with Crippen LogP contribution in [0.1, 0.15) is 41.0 Å². The van der Waals surface area contributed by atoms with E-state index in [1.165, 1.54) is 32.6 Å². The van der Waals surface area contributed by atoms with Crippen molar-refractivity contribution < 1.29 is 0 Å². The van der Waals surface area contributed by atoms with E-state index < -0.39 is 0 Å². The summed E-state index contributed by atoms with van der Waals surface area (Å²) in [7, 11) is 2.24. The van der Waals surface area contributed by atoms with Crippen molar-refractivity contribution in [1.82, 2.24) is 15.1 Å². The van der Waals surface area contributed by atoms with E-state index in [-0.39, 0.29) is 0 Å². The zero-order chi connectivity index (χ0) is 13.8. The molecule has 1 rings (SSSR count). The number of hydrogen-bond donors (Lipinski definition) is 1. The van der Waals surface area contributed by atoms with Crippen LogP contribution in [-0.2, 0) is 0 Å². The van der Waals surface area contributed by atoms with E-state index in [1.807, 2.05) is 0 Å². The molecule has 0 radical (unpaired) electrons. The lowest BCUT2D eigenvalue weighted by Crippen LogP contribution is -2.59. The van der Waals surface area contributed by atoms with Gasteiger partial charge in [0, 0.05) is 37.8 Å². The molecule has 3 heteroatoms. The van der Waals surface area contributed by atoms with Crippen LogP contribution in [0.2, 0.25) is 0 Å². The van der Waals surface area contributed by atoms with Crippen LogP contribution in [0, 0.1) is 5.92 Å². The first kappa shape index (κ1) is 15.9. The summed E-state index contributed by atoms with van der Waals surface area (Å²) in [5.41, 5.74) is 0.310. The van der Waals surface area contributed by atoms with Gasteiger partial charge in [0.05, 0.1) is 0 Å². The number of nitrogens with zero attached hydrogens (tertiary/aromatic N) is 2. The van der Waals surface area contributed by atoms with Crippen molar-refractivity contribution in [3.05, 3.63) is 0 Å². The van der Waals surface area contributed by atoms with Gasteiger partial charge in [0.2, 0.25) is 0 Å². The highest BCUT2D eigenvalue weighted by atomic mass is 15.3. The lowest BCUT2D eigenvalue weighted by molar-refractivity contribution is 0.0324. The molecule has 0 spiro atoms. The number of hydrogen-bond acceptors (Lipinski definition) is 3. The van der Waals surface area contributed by atoms with Gasteiger partial charge in [-0.1, -0.05) is 20.8 Å². The molecule has 0 aromatic carbocycles. The number of likely N-dealkylation sites (N-methyl/N-ethyl adjacent to an activating group) is 1. The molecule has 0 aromatic heterocycles. The topological polar surface area (TPSA) is 18.5 Å². The third-order valence-corrected chi connectivity index (χ3v) is 4.31. The second kappa shape index (κ2) is 6.88. The second-order valence-electron chi connectivity index (χ2n) is 6.77. The Hall–Kier alpha value is -0.120. The van der Waals surface area contributed by atoms with Gasteiger partial charge in [-0.05, 0) is 39.8 Å². The first-order chi connectivity index (χ1) is 8.36. The van der Waals surface area contributed by atoms with Crippen molar-refractivity contribution in [2.45, 2.75) is 52.6 Å². The standard InChI is InChI=1S/C15H33N3/c1-7-8-16-14(13(2)3)11-18-10-9-17(6)15(4,5)12-18/h13-14,16H,7-12H2,1-6H3. The molecule has 1 N–H and O–H groups in total. The minimum absolute atomic E-state index is 0.310. The lowest BCUT2D eigenvalue weighted by atomic mass is 9.97. The monoisotopic (exact) mass is 255 g/mol. The molecule has 1 aliphatic rings. The number of rotatable bonds is 6. The van der Waals surface area contributed by atoms with Crippen LogP contribution in [-0.4, -0.2) is 61.2 Å². The molecule has 0 aromatic rings. The highest BCUT2D eigenvalue weighted by molar-refractivity contribution is 4.90. The summed E-state index contributed by atoms with van der Waals surface area (Å²) < 4.78 is 0. The predicted molar refractivity (Wildman–Crippen MR) is 80.1 cm³/mol. The molecule has 0 amide bonds. The van der Waals surface area contributed by atoms with Gasteiger partial charge < -0.3 is 5.32 Å². The van der Waals surface area contributed by atoms with Crippen LogP contribution in [0.3, 0.4) is 0 Å². The molecule has 1 heterocycles. The van der Waals surface area contributed by atoms with Crippen molar-refractivity contribution >= 4 is 0 Å². The summed E-state index contributed by atoms with van der Waals surface area (Å²) in [4.78, 5) is 5.11. The largest absolute Gasteiger partial charge is 0.312 e. The number of piperazine rings is 1. The average molecular weight is 255 g/mol. The Kier molecular flexibility index (Phi) is 6.09. The summed E-state index contributed by atoms with van der Waals surface area (Å²) in [6.07, 6.45) is 1.22. The molecular weight excluding hydrogens is 222 g/mol. The van der Waals surface area contributed by atoms with E-state index in [2.05, 4.69) is 56.8 Å². The van der Waals surface area contributed by atoms with Crippen LogP contribution < -0.4 is 5.32 Å². The molecule has 108 valence electrons. The van der Waals surface area contributed by atoms with Gasteiger partial charge in [-0.3, -0.25) is 9.80 Å². The zero-order valence-corrected chi connectivity index (χ0v) is 13.3. The quantitative estimate of drug-likeness (QED) is 0.783. The third-order valence-electron chi connectivity index (χ3n) is 4.31. The van der Waals surface area contributed by atoms with Crippen molar-refractivity contribution in [1.29, 1.82) is 0 Å². The maximum atomic E-state index is 3.70. The molecule has 1 unspecified atom stereocenters. The molecule has 0 saturated carbocycles. The molecule has 1 aliphatic heterocycles. The smallest absolute Gasteiger partial charge is 0.0277 e. The normalized spacial score (nSPS) is 23.5. The van der Waals surface area contributed by atoms with E-state index in [4.69, 9.17) is 0 Å². The van der Waals surface area contributed by atoms with E-state index in [0.29, 0.717) is 17.5 Å². The van der Waals surface area contributed by atoms with Crippen LogP contribution in [0.4, 0.5) is 0 Å². The lowest BCUT2D eigenvalue weighted by Gasteiger charge is -2.46. The van der Waals surface area contributed by atoms with E-state index in [9.17, 15) is 0 Å². The molecule has 1 fully saturated rings. The van der Waals surface area contributed by atoms with Crippen molar-refractivity contribution in [3.8, 4) is 0 Å². The first-order valence-corrected chi connectivity index (χ1v) is 7.53. The molecule has 0 bridgehead atoms. The molecule has 1 saturated heterocycles. The summed E-state index contributed by atoms with van der Waals surface area (Å²) in [5.74, 6) is 0.708. The minimum Gasteiger partial charge on any atom is -0.312 e. The Morgan fingerprint density at radius 1 is 1.22 bits per heavy atom. The van der Waals surface area contributed by atoms with Crippen molar-refractivity contribution in [3.63, 3.8) is 0 Å². The van der Waals surface area contributed by atoms with E-state index >= 15 is 0 Å². The van der Waals surface area contributed by atoms with Gasteiger partial charge in [0.15, 0.2) is 0 Å². The van der Waals surface area contributed by atoms with Gasteiger partial charge in [0.1, 0.15) is 0 Å². The highest BCUT2D eigenvalue weighted by Gasteiger charge is 2.32. The van der Waals surface area contributed by atoms with Crippen molar-refractivity contribution in [2.24, 2.45) is 5.92 Å². The fourth-order valence-electron chi connectivity index (χ4n) is 2.62. The summed E-state index contributed by atoms with van der Waals surface area (Å²) in [6.45, 7) is 17.5. The average Bonchev–Trinajstić information content (AvgIpc) is 2.28.